The van der Waals surface area contributed by atoms with Crippen molar-refractivity contribution < 1.29 is 4.79 Å². The van der Waals surface area contributed by atoms with E-state index in [4.69, 9.17) is 5.73 Å². The Labute approximate surface area is 84.7 Å². The molecule has 0 rings (SSSR count). The summed E-state index contributed by atoms with van der Waals surface area (Å²) in [5.74, 6) is 0.263. The fourth-order valence-electron chi connectivity index (χ4n) is 0.816. The van der Waals surface area contributed by atoms with Crippen molar-refractivity contribution >= 4 is 24.7 Å². The van der Waals surface area contributed by atoms with Crippen LogP contribution in [-0.4, -0.2) is 22.7 Å². The standard InChI is InChI=1S/C8H17N3OS/c1-3-4-5-6-11(13)8(12)10-7(2)9/h13H,3-6H2,1-2H3,(H2,9,10,12). The fraction of sp³-hybridized carbons (Fsp3) is 0.750. The zero-order valence-electron chi connectivity index (χ0n) is 8.16. The number of urea groups is 1. The molecule has 13 heavy (non-hydrogen) atoms. The molecule has 76 valence electrons. The maximum atomic E-state index is 11.1. The van der Waals surface area contributed by atoms with Gasteiger partial charge in [-0.2, -0.15) is 4.99 Å². The second-order valence-corrected chi connectivity index (χ2v) is 3.35. The summed E-state index contributed by atoms with van der Waals surface area (Å²) in [5, 5.41) is 0. The summed E-state index contributed by atoms with van der Waals surface area (Å²) in [6.07, 6.45) is 3.16. The van der Waals surface area contributed by atoms with Crippen molar-refractivity contribution in [3.8, 4) is 0 Å². The Kier molecular flexibility index (Phi) is 6.40. The lowest BCUT2D eigenvalue weighted by atomic mass is 10.2. The van der Waals surface area contributed by atoms with E-state index in [1.807, 2.05) is 0 Å². The predicted molar refractivity (Wildman–Crippen MR) is 57.9 cm³/mol. The van der Waals surface area contributed by atoms with Crippen LogP contribution in [0, 0.1) is 0 Å². The van der Waals surface area contributed by atoms with Crippen LogP contribution in [0.3, 0.4) is 0 Å². The number of amidine groups is 1. The van der Waals surface area contributed by atoms with E-state index in [0.717, 1.165) is 19.3 Å². The molecule has 0 fully saturated rings. The Bertz CT molecular complexity index is 190. The van der Waals surface area contributed by atoms with Gasteiger partial charge < -0.3 is 5.73 Å². The lowest BCUT2D eigenvalue weighted by molar-refractivity contribution is 0.235. The molecule has 0 bridgehead atoms. The number of carbonyl (C=O) groups excluding carboxylic acids is 1. The number of rotatable bonds is 4. The van der Waals surface area contributed by atoms with Crippen LogP contribution >= 0.6 is 12.8 Å². The Morgan fingerprint density at radius 1 is 1.54 bits per heavy atom. The van der Waals surface area contributed by atoms with Gasteiger partial charge in [-0.25, -0.2) is 4.79 Å². The Balaban J connectivity index is 3.76. The van der Waals surface area contributed by atoms with Crippen LogP contribution in [0.2, 0.25) is 0 Å². The van der Waals surface area contributed by atoms with E-state index in [-0.39, 0.29) is 11.9 Å². The van der Waals surface area contributed by atoms with Gasteiger partial charge in [-0.05, 0) is 13.3 Å². The molecule has 2 N–H and O–H groups in total. The van der Waals surface area contributed by atoms with Crippen molar-refractivity contribution in [1.29, 1.82) is 0 Å². The van der Waals surface area contributed by atoms with Gasteiger partial charge in [-0.1, -0.05) is 32.6 Å². The number of carbonyl (C=O) groups is 1. The lowest BCUT2D eigenvalue weighted by Gasteiger charge is -2.11. The van der Waals surface area contributed by atoms with Gasteiger partial charge >= 0.3 is 6.03 Å². The maximum Gasteiger partial charge on any atom is 0.354 e. The van der Waals surface area contributed by atoms with E-state index < -0.39 is 0 Å². The van der Waals surface area contributed by atoms with E-state index in [1.165, 1.54) is 4.31 Å². The van der Waals surface area contributed by atoms with E-state index in [9.17, 15) is 4.79 Å². The van der Waals surface area contributed by atoms with Gasteiger partial charge in [0.15, 0.2) is 0 Å². The topological polar surface area (TPSA) is 58.7 Å². The van der Waals surface area contributed by atoms with Crippen LogP contribution in [0.1, 0.15) is 33.1 Å². The molecule has 0 spiro atoms. The number of nitrogens with two attached hydrogens (primary N) is 1. The average Bonchev–Trinajstić information content (AvgIpc) is 2.03. The molecule has 0 saturated carbocycles. The van der Waals surface area contributed by atoms with Crippen molar-refractivity contribution in [3.05, 3.63) is 0 Å². The van der Waals surface area contributed by atoms with Crippen molar-refractivity contribution in [2.24, 2.45) is 10.7 Å². The van der Waals surface area contributed by atoms with Gasteiger partial charge in [0.25, 0.3) is 0 Å². The quantitative estimate of drug-likeness (QED) is 0.317. The third-order valence-electron chi connectivity index (χ3n) is 1.47. The zero-order valence-corrected chi connectivity index (χ0v) is 9.05. The summed E-state index contributed by atoms with van der Waals surface area (Å²) in [6.45, 7) is 4.30. The monoisotopic (exact) mass is 203 g/mol. The van der Waals surface area contributed by atoms with Crippen molar-refractivity contribution in [2.75, 3.05) is 6.54 Å². The summed E-state index contributed by atoms with van der Waals surface area (Å²) in [4.78, 5) is 14.7. The molecule has 0 aliphatic carbocycles. The minimum Gasteiger partial charge on any atom is -0.387 e. The molecule has 0 radical (unpaired) electrons. The van der Waals surface area contributed by atoms with Crippen LogP contribution in [-0.2, 0) is 0 Å². The first-order valence-corrected chi connectivity index (χ1v) is 4.79. The highest BCUT2D eigenvalue weighted by atomic mass is 32.1. The number of unbranched alkanes of at least 4 members (excludes halogenated alkanes) is 2. The number of nitrogens with zero attached hydrogens (tertiary/aromatic N) is 2. The van der Waals surface area contributed by atoms with Gasteiger partial charge in [0.2, 0.25) is 0 Å². The van der Waals surface area contributed by atoms with Gasteiger partial charge in [0.1, 0.15) is 5.84 Å². The molecule has 0 aromatic rings. The normalized spacial score (nSPS) is 11.5. The Morgan fingerprint density at radius 3 is 2.62 bits per heavy atom. The van der Waals surface area contributed by atoms with Gasteiger partial charge in [0, 0.05) is 6.54 Å². The first-order chi connectivity index (χ1) is 6.07. The highest BCUT2D eigenvalue weighted by molar-refractivity contribution is 7.78. The molecule has 0 aliphatic rings. The van der Waals surface area contributed by atoms with Crippen LogP contribution < -0.4 is 5.73 Å². The van der Waals surface area contributed by atoms with Gasteiger partial charge in [-0.3, -0.25) is 4.31 Å². The van der Waals surface area contributed by atoms with Gasteiger partial charge in [0.05, 0.1) is 0 Å². The first kappa shape index (κ1) is 12.3. The predicted octanol–water partition coefficient (Wildman–Crippen LogP) is 1.82. The highest BCUT2D eigenvalue weighted by Crippen LogP contribution is 2.02. The van der Waals surface area contributed by atoms with E-state index in [0.29, 0.717) is 6.54 Å². The molecular formula is C8H17N3OS. The molecule has 4 nitrogen and oxygen atoms in total. The molecule has 2 amide bonds. The minimum atomic E-state index is -0.389. The minimum absolute atomic E-state index is 0.263. The summed E-state index contributed by atoms with van der Waals surface area (Å²) in [6, 6.07) is -0.389. The molecule has 0 atom stereocenters. The Hall–Kier alpha value is -0.710. The molecule has 5 heteroatoms. The van der Waals surface area contributed by atoms with Gasteiger partial charge in [-0.15, -0.1) is 0 Å². The van der Waals surface area contributed by atoms with Crippen molar-refractivity contribution in [2.45, 2.75) is 33.1 Å². The Morgan fingerprint density at radius 2 is 2.15 bits per heavy atom. The van der Waals surface area contributed by atoms with E-state index in [2.05, 4.69) is 24.7 Å². The summed E-state index contributed by atoms with van der Waals surface area (Å²) in [5.41, 5.74) is 5.25. The SMILES string of the molecule is CCCCCN(S)C(=O)N=C(C)N. The van der Waals surface area contributed by atoms with E-state index >= 15 is 0 Å². The smallest absolute Gasteiger partial charge is 0.354 e. The third-order valence-corrected chi connectivity index (χ3v) is 1.84. The van der Waals surface area contributed by atoms with Crippen LogP contribution in [0.25, 0.3) is 0 Å². The number of hydrogen-bond donors (Lipinski definition) is 2. The number of aliphatic imine (C=N–C) groups is 1. The molecule has 0 saturated heterocycles. The fourth-order valence-corrected chi connectivity index (χ4v) is 1.00. The molecule has 0 aromatic carbocycles. The molecule has 0 heterocycles. The average molecular weight is 203 g/mol. The zero-order chi connectivity index (χ0) is 10.3. The van der Waals surface area contributed by atoms with Crippen LogP contribution in [0.5, 0.6) is 0 Å². The summed E-state index contributed by atoms with van der Waals surface area (Å²) >= 11 is 3.99. The molecule has 0 aromatic heterocycles. The highest BCUT2D eigenvalue weighted by Gasteiger charge is 2.06. The third kappa shape index (κ3) is 6.45. The molecule has 0 unspecified atom stereocenters. The molecule has 0 aliphatic heterocycles. The lowest BCUT2D eigenvalue weighted by Crippen LogP contribution is -2.22. The summed E-state index contributed by atoms with van der Waals surface area (Å²) < 4.78 is 1.28. The maximum absolute atomic E-state index is 11.1. The van der Waals surface area contributed by atoms with Crippen LogP contribution in [0.4, 0.5) is 4.79 Å². The second kappa shape index (κ2) is 6.77. The van der Waals surface area contributed by atoms with E-state index in [1.54, 1.807) is 6.92 Å². The van der Waals surface area contributed by atoms with Crippen molar-refractivity contribution in [3.63, 3.8) is 0 Å². The summed E-state index contributed by atoms with van der Waals surface area (Å²) in [7, 11) is 0. The number of thiol groups is 1. The van der Waals surface area contributed by atoms with Crippen molar-refractivity contribution in [1.82, 2.24) is 4.31 Å². The number of hydrogen-bond acceptors (Lipinski definition) is 2. The number of amides is 2. The largest absolute Gasteiger partial charge is 0.387 e. The van der Waals surface area contributed by atoms with Crippen LogP contribution in [0.15, 0.2) is 4.99 Å². The second-order valence-electron chi connectivity index (χ2n) is 2.87. The molecular weight excluding hydrogens is 186 g/mol. The first-order valence-electron chi connectivity index (χ1n) is 4.39.